The summed E-state index contributed by atoms with van der Waals surface area (Å²) in [6, 6.07) is -1.88. The summed E-state index contributed by atoms with van der Waals surface area (Å²) in [5, 5.41) is 57.8. The number of carbonyl (C=O) groups is 1. The van der Waals surface area contributed by atoms with Crippen molar-refractivity contribution in [3.05, 3.63) is 0 Å². The first-order chi connectivity index (χ1) is 18.1. The third-order valence-corrected chi connectivity index (χ3v) is 7.82. The maximum Gasteiger partial charge on any atom is 0.249 e. The molecule has 14 nitrogen and oxygen atoms in total. The maximum absolute atomic E-state index is 12.6. The number of aliphatic hydroxyl groups excluding tert-OH is 5. The second kappa shape index (κ2) is 14.6. The van der Waals surface area contributed by atoms with E-state index in [2.05, 4.69) is 10.6 Å². The lowest BCUT2D eigenvalue weighted by Gasteiger charge is -2.50. The highest BCUT2D eigenvalue weighted by atomic mass is 16.7. The van der Waals surface area contributed by atoms with Crippen molar-refractivity contribution in [2.75, 3.05) is 26.2 Å². The van der Waals surface area contributed by atoms with Crippen molar-refractivity contribution >= 4 is 5.91 Å². The molecule has 2 aliphatic heterocycles. The van der Waals surface area contributed by atoms with E-state index in [0.29, 0.717) is 13.0 Å². The van der Waals surface area contributed by atoms with Crippen molar-refractivity contribution in [3.63, 3.8) is 0 Å². The van der Waals surface area contributed by atoms with Crippen LogP contribution in [-0.2, 0) is 19.0 Å². The van der Waals surface area contributed by atoms with E-state index in [-0.39, 0.29) is 38.0 Å². The van der Waals surface area contributed by atoms with Gasteiger partial charge >= 0.3 is 0 Å². The molecule has 1 aliphatic carbocycles. The summed E-state index contributed by atoms with van der Waals surface area (Å²) in [6.07, 6.45) is -7.63. The van der Waals surface area contributed by atoms with Crippen molar-refractivity contribution in [2.45, 2.75) is 112 Å². The van der Waals surface area contributed by atoms with Gasteiger partial charge in [0.1, 0.15) is 24.4 Å². The topological polar surface area (TPSA) is 248 Å². The van der Waals surface area contributed by atoms with Gasteiger partial charge in [-0.2, -0.15) is 0 Å². The maximum atomic E-state index is 12.6. The quantitative estimate of drug-likeness (QED) is 0.117. The van der Waals surface area contributed by atoms with Gasteiger partial charge in [0.05, 0.1) is 37.1 Å². The molecule has 13 N–H and O–H groups in total. The fourth-order valence-electron chi connectivity index (χ4n) is 5.69. The molecule has 1 unspecified atom stereocenters. The average Bonchev–Trinajstić information content (AvgIpc) is 2.87. The van der Waals surface area contributed by atoms with E-state index in [4.69, 9.17) is 31.4 Å². The van der Waals surface area contributed by atoms with Crippen LogP contribution in [-0.4, -0.2) is 131 Å². The Morgan fingerprint density at radius 1 is 1.11 bits per heavy atom. The van der Waals surface area contributed by atoms with Gasteiger partial charge < -0.3 is 67.6 Å². The molecule has 1 amide bonds. The number of carbonyl (C=O) groups excluding carboxylic acids is 1. The minimum absolute atomic E-state index is 0.0414. The molecule has 2 saturated heterocycles. The molecule has 0 aromatic carbocycles. The Bertz CT molecular complexity index is 737. The third kappa shape index (κ3) is 7.59. The Balaban J connectivity index is 1.83. The molecule has 0 radical (unpaired) electrons. The predicted octanol–water partition coefficient (Wildman–Crippen LogP) is -4.41. The van der Waals surface area contributed by atoms with E-state index in [9.17, 15) is 30.3 Å². The Labute approximate surface area is 223 Å². The van der Waals surface area contributed by atoms with Gasteiger partial charge in [0, 0.05) is 31.0 Å². The van der Waals surface area contributed by atoms with Gasteiger partial charge in [-0.15, -0.1) is 0 Å². The summed E-state index contributed by atoms with van der Waals surface area (Å²) in [6.45, 7) is 3.00. The summed E-state index contributed by atoms with van der Waals surface area (Å²) >= 11 is 0. The summed E-state index contributed by atoms with van der Waals surface area (Å²) in [7, 11) is 0. The molecular formula is C24H47N5O9. The molecule has 3 fully saturated rings. The van der Waals surface area contributed by atoms with Crippen LogP contribution in [0.2, 0.25) is 0 Å². The number of ether oxygens (including phenoxy) is 3. The Kier molecular flexibility index (Phi) is 12.1. The first kappa shape index (κ1) is 31.5. The number of rotatable bonds is 11. The Morgan fingerprint density at radius 2 is 1.84 bits per heavy atom. The smallest absolute Gasteiger partial charge is 0.249 e. The lowest BCUT2D eigenvalue weighted by Crippen LogP contribution is -2.68. The number of aliphatic hydroxyl groups is 5. The standard InChI is InChI=1S/C24H47N5O9/c1-2-28-9-11-3-4-12(26)21(36-11)19-13(27)7-14(29-23(35)15(31)5-6-25)22(20(19)34)38-24-17(33)8-16(32)18(10-30)37-24/h11-22,24,28,30-34H,2-10,25-27H2,1H3,(H,29,35)/t11-,12+,13-,14+,15-,16-,17+,18+,19?,20-,21-,22-,24+/m0/s1. The SMILES string of the molecule is CCNC[C@@H]1CC[C@@H](N)[C@@H](C2[C@@H](N)C[C@@H](NC(=O)[C@@H](O)CCN)[C@H](O[C@H]3O[C@H](CO)[C@@H](O)C[C@H]3O)[C@H]2O)O1. The monoisotopic (exact) mass is 549 g/mol. The minimum Gasteiger partial charge on any atom is -0.394 e. The highest BCUT2D eigenvalue weighted by molar-refractivity contribution is 5.80. The molecule has 14 heteroatoms. The number of nitrogens with one attached hydrogen (secondary N) is 2. The molecular weight excluding hydrogens is 502 g/mol. The van der Waals surface area contributed by atoms with E-state index in [1.165, 1.54) is 0 Å². The summed E-state index contributed by atoms with van der Waals surface area (Å²) in [5.41, 5.74) is 18.4. The highest BCUT2D eigenvalue weighted by Crippen LogP contribution is 2.36. The largest absolute Gasteiger partial charge is 0.394 e. The van der Waals surface area contributed by atoms with E-state index in [1.54, 1.807) is 0 Å². The fraction of sp³-hybridized carbons (Fsp3) is 0.958. The van der Waals surface area contributed by atoms with E-state index in [0.717, 1.165) is 13.0 Å². The second-order valence-electron chi connectivity index (χ2n) is 10.6. The molecule has 13 atom stereocenters. The van der Waals surface area contributed by atoms with Crippen molar-refractivity contribution in [1.82, 2.24) is 10.6 Å². The minimum atomic E-state index is -1.36. The van der Waals surface area contributed by atoms with Crippen LogP contribution in [0.5, 0.6) is 0 Å². The molecule has 1 saturated carbocycles. The van der Waals surface area contributed by atoms with Crippen molar-refractivity contribution in [1.29, 1.82) is 0 Å². The molecule has 222 valence electrons. The van der Waals surface area contributed by atoms with Crippen LogP contribution in [0.1, 0.15) is 39.0 Å². The molecule has 3 rings (SSSR count). The molecule has 2 heterocycles. The zero-order valence-electron chi connectivity index (χ0n) is 22.0. The van der Waals surface area contributed by atoms with Crippen molar-refractivity contribution in [3.8, 4) is 0 Å². The van der Waals surface area contributed by atoms with Crippen LogP contribution in [0.4, 0.5) is 0 Å². The lowest BCUT2D eigenvalue weighted by atomic mass is 9.72. The number of likely N-dealkylation sites (N-methyl/N-ethyl adjacent to an activating group) is 1. The first-order valence-electron chi connectivity index (χ1n) is 13.6. The van der Waals surface area contributed by atoms with Crippen LogP contribution in [0.15, 0.2) is 0 Å². The summed E-state index contributed by atoms with van der Waals surface area (Å²) in [5.74, 6) is -1.36. The van der Waals surface area contributed by atoms with E-state index in [1.807, 2.05) is 6.92 Å². The van der Waals surface area contributed by atoms with Crippen LogP contribution in [0, 0.1) is 5.92 Å². The highest BCUT2D eigenvalue weighted by Gasteiger charge is 2.52. The van der Waals surface area contributed by atoms with Gasteiger partial charge in [0.25, 0.3) is 0 Å². The summed E-state index contributed by atoms with van der Waals surface area (Å²) in [4.78, 5) is 12.6. The molecule has 0 spiro atoms. The van der Waals surface area contributed by atoms with Crippen LogP contribution >= 0.6 is 0 Å². The second-order valence-corrected chi connectivity index (χ2v) is 10.6. The number of nitrogens with two attached hydrogens (primary N) is 3. The van der Waals surface area contributed by atoms with Gasteiger partial charge in [-0.05, 0) is 38.8 Å². The molecule has 0 bridgehead atoms. The number of hydrogen-bond donors (Lipinski definition) is 10. The van der Waals surface area contributed by atoms with E-state index >= 15 is 0 Å². The zero-order valence-corrected chi connectivity index (χ0v) is 22.0. The normalized spacial score (nSPS) is 43.0. The van der Waals surface area contributed by atoms with Crippen molar-refractivity contribution in [2.24, 2.45) is 23.1 Å². The van der Waals surface area contributed by atoms with Gasteiger partial charge in [0.2, 0.25) is 5.91 Å². The summed E-state index contributed by atoms with van der Waals surface area (Å²) < 4.78 is 17.9. The van der Waals surface area contributed by atoms with Gasteiger partial charge in [-0.25, -0.2) is 0 Å². The van der Waals surface area contributed by atoms with Crippen molar-refractivity contribution < 1.29 is 44.5 Å². The lowest BCUT2D eigenvalue weighted by molar-refractivity contribution is -0.302. The van der Waals surface area contributed by atoms with Gasteiger partial charge in [-0.1, -0.05) is 6.92 Å². The number of hydrogen-bond acceptors (Lipinski definition) is 13. The fourth-order valence-corrected chi connectivity index (χ4v) is 5.69. The average molecular weight is 550 g/mol. The molecule has 38 heavy (non-hydrogen) atoms. The molecule has 3 aliphatic rings. The zero-order chi connectivity index (χ0) is 28.0. The molecule has 0 aromatic rings. The van der Waals surface area contributed by atoms with Crippen LogP contribution in [0.3, 0.4) is 0 Å². The first-order valence-corrected chi connectivity index (χ1v) is 13.6. The predicted molar refractivity (Wildman–Crippen MR) is 135 cm³/mol. The van der Waals surface area contributed by atoms with Crippen LogP contribution in [0.25, 0.3) is 0 Å². The molecule has 0 aromatic heterocycles. The van der Waals surface area contributed by atoms with Crippen LogP contribution < -0.4 is 27.8 Å². The van der Waals surface area contributed by atoms with E-state index < -0.39 is 79.5 Å². The Hall–Kier alpha value is -1.01. The third-order valence-electron chi connectivity index (χ3n) is 7.82. The number of amides is 1. The van der Waals surface area contributed by atoms with Gasteiger partial charge in [-0.3, -0.25) is 4.79 Å². The Morgan fingerprint density at radius 3 is 2.50 bits per heavy atom. The van der Waals surface area contributed by atoms with Gasteiger partial charge in [0.15, 0.2) is 6.29 Å².